The minimum absolute atomic E-state index is 0.0276. The van der Waals surface area contributed by atoms with Gasteiger partial charge in [-0.2, -0.15) is 0 Å². The molecule has 1 aromatic heterocycles. The summed E-state index contributed by atoms with van der Waals surface area (Å²) in [5, 5.41) is 11.5. The number of nitrogens with one attached hydrogen (secondary N) is 1. The molecule has 3 aromatic carbocycles. The van der Waals surface area contributed by atoms with Crippen LogP contribution in [0.15, 0.2) is 72.8 Å². The van der Waals surface area contributed by atoms with Crippen molar-refractivity contribution in [2.24, 2.45) is 5.92 Å². The number of hydrogen-bond acceptors (Lipinski definition) is 4. The van der Waals surface area contributed by atoms with Gasteiger partial charge in [0.15, 0.2) is 0 Å². The van der Waals surface area contributed by atoms with Gasteiger partial charge in [-0.05, 0) is 72.6 Å². The number of aryl methyl sites for hydroxylation is 2. The third kappa shape index (κ3) is 5.40. The zero-order chi connectivity index (χ0) is 25.8. The summed E-state index contributed by atoms with van der Waals surface area (Å²) in [4.78, 5) is 29.5. The van der Waals surface area contributed by atoms with Gasteiger partial charge in [-0.15, -0.1) is 5.10 Å². The molecule has 1 aliphatic rings. The predicted molar refractivity (Wildman–Crippen MR) is 145 cm³/mol. The minimum atomic E-state index is -0.810. The number of rotatable bonds is 9. The molecule has 0 fully saturated rings. The second-order valence-corrected chi connectivity index (χ2v) is 10.1. The molecule has 4 aromatic rings. The van der Waals surface area contributed by atoms with E-state index in [1.54, 1.807) is 9.58 Å². The number of carbonyl (C=O) groups excluding carboxylic acids is 2. The summed E-state index contributed by atoms with van der Waals surface area (Å²) < 4.78 is 1.61. The molecule has 1 heterocycles. The highest BCUT2D eigenvalue weighted by Crippen LogP contribution is 2.33. The van der Waals surface area contributed by atoms with Gasteiger partial charge in [-0.3, -0.25) is 14.5 Å². The van der Waals surface area contributed by atoms with E-state index < -0.39 is 6.04 Å². The van der Waals surface area contributed by atoms with Crippen molar-refractivity contribution in [1.29, 1.82) is 0 Å². The predicted octanol–water partition coefficient (Wildman–Crippen LogP) is 4.86. The van der Waals surface area contributed by atoms with Crippen molar-refractivity contribution in [3.05, 3.63) is 89.5 Å². The maximum atomic E-state index is 14.1. The fraction of sp³-hybridized carbons (Fsp3) is 0.333. The summed E-state index contributed by atoms with van der Waals surface area (Å²) in [5.74, 6) is 0.0520. The number of benzene rings is 3. The average molecular weight is 496 g/mol. The van der Waals surface area contributed by atoms with E-state index in [9.17, 15) is 9.59 Å². The molecule has 1 N–H and O–H groups in total. The molecule has 0 unspecified atom stereocenters. The van der Waals surface area contributed by atoms with Crippen molar-refractivity contribution in [3.8, 4) is 0 Å². The summed E-state index contributed by atoms with van der Waals surface area (Å²) in [6.45, 7) is 4.78. The lowest BCUT2D eigenvalue weighted by Gasteiger charge is -2.32. The lowest BCUT2D eigenvalue weighted by Crippen LogP contribution is -2.45. The monoisotopic (exact) mass is 495 g/mol. The minimum Gasteiger partial charge on any atom is -0.354 e. The van der Waals surface area contributed by atoms with Crippen LogP contribution in [0.3, 0.4) is 0 Å². The molecular formula is C30H33N5O2. The summed E-state index contributed by atoms with van der Waals surface area (Å²) >= 11 is 0. The highest BCUT2D eigenvalue weighted by molar-refractivity contribution is 6.01. The van der Waals surface area contributed by atoms with Crippen LogP contribution >= 0.6 is 0 Å². The van der Waals surface area contributed by atoms with Crippen molar-refractivity contribution in [3.63, 3.8) is 0 Å². The number of nitrogens with zero attached hydrogens (tertiary/aromatic N) is 4. The lowest BCUT2D eigenvalue weighted by molar-refractivity contribution is -0.127. The molecule has 5 rings (SSSR count). The molecule has 0 radical (unpaired) electrons. The van der Waals surface area contributed by atoms with Crippen LogP contribution in [0.5, 0.6) is 0 Å². The van der Waals surface area contributed by atoms with Crippen LogP contribution in [-0.2, 0) is 29.0 Å². The molecule has 7 nitrogen and oxygen atoms in total. The average Bonchev–Trinajstić information content (AvgIpc) is 3.54. The standard InChI is InChI=1S/C30H33N5O2/c1-21(2)17-18-31-30(37)29(23-9-4-3-5-10-23)35(25-16-15-22-11-8-12-24(22)19-25)28(36)20-34-27-14-7-6-13-26(27)32-33-34/h3-7,9-10,13-16,19,21,29H,8,11-12,17-18,20H2,1-2H3,(H,31,37)/t29-/m1/s1. The number of amides is 2. The second kappa shape index (κ2) is 10.9. The van der Waals surface area contributed by atoms with E-state index in [0.29, 0.717) is 12.5 Å². The SMILES string of the molecule is CC(C)CCNC(=O)[C@@H](c1ccccc1)N(C(=O)Cn1nnc2ccccc21)c1ccc2c(c1)CCC2. The molecule has 37 heavy (non-hydrogen) atoms. The first-order valence-corrected chi connectivity index (χ1v) is 13.1. The Bertz CT molecular complexity index is 1400. The van der Waals surface area contributed by atoms with Crippen molar-refractivity contribution in [1.82, 2.24) is 20.3 Å². The zero-order valence-corrected chi connectivity index (χ0v) is 21.4. The van der Waals surface area contributed by atoms with E-state index in [1.165, 1.54) is 11.1 Å². The van der Waals surface area contributed by atoms with Gasteiger partial charge in [0, 0.05) is 12.2 Å². The Morgan fingerprint density at radius 3 is 2.54 bits per heavy atom. The molecule has 0 saturated heterocycles. The van der Waals surface area contributed by atoms with E-state index in [0.717, 1.165) is 48.0 Å². The van der Waals surface area contributed by atoms with Crippen LogP contribution in [-0.4, -0.2) is 33.4 Å². The van der Waals surface area contributed by atoms with Gasteiger partial charge in [-0.1, -0.05) is 67.6 Å². The molecule has 2 amide bonds. The first-order chi connectivity index (χ1) is 18.0. The van der Waals surface area contributed by atoms with Crippen molar-refractivity contribution in [2.75, 3.05) is 11.4 Å². The number of para-hydroxylation sites is 1. The third-order valence-corrected chi connectivity index (χ3v) is 6.98. The summed E-state index contributed by atoms with van der Waals surface area (Å²) in [5.41, 5.74) is 5.56. The number of anilines is 1. The van der Waals surface area contributed by atoms with Gasteiger partial charge in [-0.25, -0.2) is 4.68 Å². The van der Waals surface area contributed by atoms with Crippen LogP contribution in [0.25, 0.3) is 11.0 Å². The molecule has 0 saturated carbocycles. The number of hydrogen-bond donors (Lipinski definition) is 1. The largest absolute Gasteiger partial charge is 0.354 e. The number of carbonyl (C=O) groups is 2. The van der Waals surface area contributed by atoms with Crippen molar-refractivity contribution >= 4 is 28.5 Å². The Morgan fingerprint density at radius 1 is 0.973 bits per heavy atom. The van der Waals surface area contributed by atoms with Crippen molar-refractivity contribution in [2.45, 2.75) is 52.1 Å². The molecule has 7 heteroatoms. The molecular weight excluding hydrogens is 462 g/mol. The van der Waals surface area contributed by atoms with Crippen LogP contribution < -0.4 is 10.2 Å². The molecule has 0 bridgehead atoms. The Morgan fingerprint density at radius 2 is 1.73 bits per heavy atom. The highest BCUT2D eigenvalue weighted by atomic mass is 16.2. The van der Waals surface area contributed by atoms with E-state index >= 15 is 0 Å². The van der Waals surface area contributed by atoms with Gasteiger partial charge in [0.05, 0.1) is 5.52 Å². The maximum Gasteiger partial charge on any atom is 0.249 e. The van der Waals surface area contributed by atoms with Gasteiger partial charge in [0.2, 0.25) is 11.8 Å². The van der Waals surface area contributed by atoms with Crippen LogP contribution in [0.4, 0.5) is 5.69 Å². The first kappa shape index (κ1) is 24.7. The summed E-state index contributed by atoms with van der Waals surface area (Å²) in [6, 6.07) is 22.4. The fourth-order valence-electron chi connectivity index (χ4n) is 5.02. The van der Waals surface area contributed by atoms with Crippen LogP contribution in [0.1, 0.15) is 49.4 Å². The Labute approximate surface area is 217 Å². The van der Waals surface area contributed by atoms with Gasteiger partial charge in [0.1, 0.15) is 18.1 Å². The maximum absolute atomic E-state index is 14.1. The molecule has 1 aliphatic carbocycles. The second-order valence-electron chi connectivity index (χ2n) is 10.1. The molecule has 190 valence electrons. The van der Waals surface area contributed by atoms with E-state index in [2.05, 4.69) is 41.6 Å². The third-order valence-electron chi connectivity index (χ3n) is 6.98. The Hall–Kier alpha value is -4.00. The molecule has 1 atom stereocenters. The van der Waals surface area contributed by atoms with E-state index in [-0.39, 0.29) is 18.4 Å². The van der Waals surface area contributed by atoms with Gasteiger partial charge >= 0.3 is 0 Å². The number of aromatic nitrogens is 3. The quantitative estimate of drug-likeness (QED) is 0.360. The topological polar surface area (TPSA) is 80.1 Å². The Balaban J connectivity index is 1.55. The first-order valence-electron chi connectivity index (χ1n) is 13.1. The van der Waals surface area contributed by atoms with E-state index in [4.69, 9.17) is 0 Å². The van der Waals surface area contributed by atoms with Crippen LogP contribution in [0.2, 0.25) is 0 Å². The molecule has 0 aliphatic heterocycles. The van der Waals surface area contributed by atoms with Crippen LogP contribution in [0, 0.1) is 5.92 Å². The van der Waals surface area contributed by atoms with Gasteiger partial charge < -0.3 is 5.32 Å². The smallest absolute Gasteiger partial charge is 0.249 e. The summed E-state index contributed by atoms with van der Waals surface area (Å²) in [6.07, 6.45) is 4.00. The zero-order valence-electron chi connectivity index (χ0n) is 21.4. The highest BCUT2D eigenvalue weighted by Gasteiger charge is 2.33. The normalized spacial score (nSPS) is 13.5. The lowest BCUT2D eigenvalue weighted by atomic mass is 10.0. The number of fused-ring (bicyclic) bond motifs is 2. The van der Waals surface area contributed by atoms with Crippen molar-refractivity contribution < 1.29 is 9.59 Å². The summed E-state index contributed by atoms with van der Waals surface area (Å²) in [7, 11) is 0. The van der Waals surface area contributed by atoms with Gasteiger partial charge in [0.25, 0.3) is 0 Å². The molecule has 0 spiro atoms. The van der Waals surface area contributed by atoms with E-state index in [1.807, 2.05) is 60.7 Å². The Kier molecular flexibility index (Phi) is 7.30. The fourth-order valence-corrected chi connectivity index (χ4v) is 5.02.